The van der Waals surface area contributed by atoms with Gasteiger partial charge in [-0.1, -0.05) is 12.1 Å². The highest BCUT2D eigenvalue weighted by molar-refractivity contribution is 5.94. The zero-order valence-corrected chi connectivity index (χ0v) is 15.8. The van der Waals surface area contributed by atoms with Crippen LogP contribution in [-0.4, -0.2) is 43.4 Å². The zero-order valence-electron chi connectivity index (χ0n) is 15.8. The van der Waals surface area contributed by atoms with Crippen molar-refractivity contribution in [1.29, 1.82) is 0 Å². The van der Waals surface area contributed by atoms with Gasteiger partial charge in [-0.3, -0.25) is 4.79 Å². The monoisotopic (exact) mass is 363 g/mol. The number of carbonyl (C=O) groups excluding carboxylic acids is 2. The SMILES string of the molecule is CC(C)(C)OC(=O)NCCC(=O)Nc1ccccc1NC1CCCOC1. The van der Waals surface area contributed by atoms with Crippen molar-refractivity contribution in [3.8, 4) is 0 Å². The maximum Gasteiger partial charge on any atom is 0.407 e. The number of hydrogen-bond donors (Lipinski definition) is 3. The van der Waals surface area contributed by atoms with Gasteiger partial charge < -0.3 is 25.4 Å². The Morgan fingerprint density at radius 3 is 2.62 bits per heavy atom. The maximum absolute atomic E-state index is 12.2. The van der Waals surface area contributed by atoms with Gasteiger partial charge in [-0.2, -0.15) is 0 Å². The van der Waals surface area contributed by atoms with Crippen molar-refractivity contribution < 1.29 is 19.1 Å². The van der Waals surface area contributed by atoms with E-state index in [1.54, 1.807) is 20.8 Å². The van der Waals surface area contributed by atoms with E-state index < -0.39 is 11.7 Å². The van der Waals surface area contributed by atoms with E-state index in [4.69, 9.17) is 9.47 Å². The van der Waals surface area contributed by atoms with E-state index >= 15 is 0 Å². The molecule has 0 bridgehead atoms. The van der Waals surface area contributed by atoms with Crippen LogP contribution in [0.25, 0.3) is 0 Å². The second kappa shape index (κ2) is 9.43. The number of benzene rings is 1. The molecule has 1 aromatic carbocycles. The molecular weight excluding hydrogens is 334 g/mol. The van der Waals surface area contributed by atoms with Gasteiger partial charge in [0.25, 0.3) is 0 Å². The topological polar surface area (TPSA) is 88.7 Å². The molecule has 7 heteroatoms. The first-order valence-corrected chi connectivity index (χ1v) is 9.03. The Kier molecular flexibility index (Phi) is 7.26. The van der Waals surface area contributed by atoms with Crippen molar-refractivity contribution in [3.05, 3.63) is 24.3 Å². The highest BCUT2D eigenvalue weighted by atomic mass is 16.6. The Balaban J connectivity index is 1.80. The van der Waals surface area contributed by atoms with Gasteiger partial charge in [-0.25, -0.2) is 4.79 Å². The quantitative estimate of drug-likeness (QED) is 0.723. The molecule has 26 heavy (non-hydrogen) atoms. The van der Waals surface area contributed by atoms with Crippen LogP contribution in [0, 0.1) is 0 Å². The molecule has 1 fully saturated rings. The molecule has 3 N–H and O–H groups in total. The Labute approximate surface area is 154 Å². The summed E-state index contributed by atoms with van der Waals surface area (Å²) in [4.78, 5) is 23.8. The van der Waals surface area contributed by atoms with E-state index in [1.807, 2.05) is 24.3 Å². The molecule has 0 saturated carbocycles. The van der Waals surface area contributed by atoms with Crippen LogP contribution in [0.3, 0.4) is 0 Å². The summed E-state index contributed by atoms with van der Waals surface area (Å²) < 4.78 is 10.6. The minimum absolute atomic E-state index is 0.167. The molecule has 7 nitrogen and oxygen atoms in total. The molecule has 1 aliphatic rings. The van der Waals surface area contributed by atoms with Crippen LogP contribution in [0.4, 0.5) is 16.2 Å². The predicted octanol–water partition coefficient (Wildman–Crippen LogP) is 3.13. The van der Waals surface area contributed by atoms with Crippen LogP contribution in [0.2, 0.25) is 0 Å². The number of rotatable bonds is 6. The van der Waals surface area contributed by atoms with Crippen LogP contribution in [0.5, 0.6) is 0 Å². The molecule has 1 aromatic rings. The lowest BCUT2D eigenvalue weighted by Gasteiger charge is -2.25. The molecule has 0 spiro atoms. The Morgan fingerprint density at radius 2 is 1.96 bits per heavy atom. The fraction of sp³-hybridized carbons (Fsp3) is 0.579. The summed E-state index contributed by atoms with van der Waals surface area (Å²) in [6.07, 6.45) is 1.72. The molecule has 1 atom stereocenters. The third-order valence-electron chi connectivity index (χ3n) is 3.74. The summed E-state index contributed by atoms with van der Waals surface area (Å²) in [5.74, 6) is -0.171. The highest BCUT2D eigenvalue weighted by Crippen LogP contribution is 2.23. The molecule has 1 aliphatic heterocycles. The number of hydrogen-bond acceptors (Lipinski definition) is 5. The van der Waals surface area contributed by atoms with Crippen molar-refractivity contribution in [2.45, 2.75) is 51.7 Å². The van der Waals surface area contributed by atoms with Crippen molar-refractivity contribution in [2.24, 2.45) is 0 Å². The number of carbonyl (C=O) groups is 2. The van der Waals surface area contributed by atoms with E-state index in [9.17, 15) is 9.59 Å². The Morgan fingerprint density at radius 1 is 1.23 bits per heavy atom. The van der Waals surface area contributed by atoms with E-state index in [0.717, 1.165) is 30.8 Å². The number of anilines is 2. The number of amides is 2. The first-order chi connectivity index (χ1) is 12.3. The number of ether oxygens (including phenoxy) is 2. The van der Waals surface area contributed by atoms with Gasteiger partial charge in [0.05, 0.1) is 18.0 Å². The van der Waals surface area contributed by atoms with Gasteiger partial charge in [0.1, 0.15) is 5.60 Å². The van der Waals surface area contributed by atoms with Crippen LogP contribution >= 0.6 is 0 Å². The average molecular weight is 363 g/mol. The number of para-hydroxylation sites is 2. The summed E-state index contributed by atoms with van der Waals surface area (Å²) in [6, 6.07) is 7.83. The minimum atomic E-state index is -0.556. The van der Waals surface area contributed by atoms with Crippen LogP contribution in [0.15, 0.2) is 24.3 Å². The normalized spacial score (nSPS) is 17.3. The van der Waals surface area contributed by atoms with Gasteiger partial charge >= 0.3 is 6.09 Å². The molecule has 0 aromatic heterocycles. The summed E-state index contributed by atoms with van der Waals surface area (Å²) in [6.45, 7) is 7.07. The van der Waals surface area contributed by atoms with Crippen LogP contribution in [-0.2, 0) is 14.3 Å². The lowest BCUT2D eigenvalue weighted by molar-refractivity contribution is -0.116. The van der Waals surface area contributed by atoms with E-state index in [0.29, 0.717) is 6.61 Å². The van der Waals surface area contributed by atoms with Crippen LogP contribution in [0.1, 0.15) is 40.0 Å². The van der Waals surface area contributed by atoms with E-state index in [1.165, 1.54) is 0 Å². The van der Waals surface area contributed by atoms with Crippen molar-refractivity contribution in [1.82, 2.24) is 5.32 Å². The van der Waals surface area contributed by atoms with Crippen molar-refractivity contribution >= 4 is 23.4 Å². The molecule has 1 saturated heterocycles. The Hall–Kier alpha value is -2.28. The maximum atomic E-state index is 12.2. The molecule has 144 valence electrons. The van der Waals surface area contributed by atoms with Crippen molar-refractivity contribution in [3.63, 3.8) is 0 Å². The highest BCUT2D eigenvalue weighted by Gasteiger charge is 2.17. The van der Waals surface area contributed by atoms with Crippen LogP contribution < -0.4 is 16.0 Å². The third kappa shape index (κ3) is 7.31. The summed E-state index contributed by atoms with van der Waals surface area (Å²) in [5, 5.41) is 8.90. The standard InChI is InChI=1S/C19H29N3O4/c1-19(2,3)26-18(24)20-11-10-17(23)22-16-9-5-4-8-15(16)21-14-7-6-12-25-13-14/h4-5,8-9,14,21H,6-7,10-13H2,1-3H3,(H,20,24)(H,22,23). The number of alkyl carbamates (subject to hydrolysis) is 1. The zero-order chi connectivity index (χ0) is 19.0. The fourth-order valence-corrected chi connectivity index (χ4v) is 2.60. The fourth-order valence-electron chi connectivity index (χ4n) is 2.60. The lowest BCUT2D eigenvalue weighted by atomic mass is 10.1. The van der Waals surface area contributed by atoms with Gasteiger partial charge in [0, 0.05) is 25.6 Å². The predicted molar refractivity (Wildman–Crippen MR) is 101 cm³/mol. The summed E-state index contributed by atoms with van der Waals surface area (Å²) >= 11 is 0. The minimum Gasteiger partial charge on any atom is -0.444 e. The summed E-state index contributed by atoms with van der Waals surface area (Å²) in [7, 11) is 0. The van der Waals surface area contributed by atoms with Gasteiger partial charge in [0.2, 0.25) is 5.91 Å². The van der Waals surface area contributed by atoms with Gasteiger partial charge in [-0.05, 0) is 45.7 Å². The van der Waals surface area contributed by atoms with E-state index in [2.05, 4.69) is 16.0 Å². The number of nitrogens with one attached hydrogen (secondary N) is 3. The Bertz CT molecular complexity index is 607. The molecule has 0 radical (unpaired) electrons. The molecule has 2 rings (SSSR count). The van der Waals surface area contributed by atoms with E-state index in [-0.39, 0.29) is 24.9 Å². The summed E-state index contributed by atoms with van der Waals surface area (Å²) in [5.41, 5.74) is 1.04. The second-order valence-electron chi connectivity index (χ2n) is 7.33. The third-order valence-corrected chi connectivity index (χ3v) is 3.74. The molecular formula is C19H29N3O4. The average Bonchev–Trinajstić information content (AvgIpc) is 2.56. The molecule has 1 unspecified atom stereocenters. The van der Waals surface area contributed by atoms with Gasteiger partial charge in [0.15, 0.2) is 0 Å². The largest absolute Gasteiger partial charge is 0.444 e. The van der Waals surface area contributed by atoms with Crippen molar-refractivity contribution in [2.75, 3.05) is 30.4 Å². The second-order valence-corrected chi connectivity index (χ2v) is 7.33. The lowest BCUT2D eigenvalue weighted by Crippen LogP contribution is -2.34. The molecule has 2 amide bonds. The first-order valence-electron chi connectivity index (χ1n) is 9.03. The first kappa shape index (κ1) is 20.0. The molecule has 0 aliphatic carbocycles. The smallest absolute Gasteiger partial charge is 0.407 e. The van der Waals surface area contributed by atoms with Gasteiger partial charge in [-0.15, -0.1) is 0 Å². The molecule has 1 heterocycles.